The number of piperazine rings is 1. The van der Waals surface area contributed by atoms with E-state index in [0.29, 0.717) is 30.2 Å². The van der Waals surface area contributed by atoms with E-state index < -0.39 is 11.2 Å². The lowest BCUT2D eigenvalue weighted by atomic mass is 10.1. The van der Waals surface area contributed by atoms with Gasteiger partial charge in [0.2, 0.25) is 0 Å². The number of fused-ring (bicyclic) bond motifs is 1. The number of rotatable bonds is 4. The average molecular weight is 458 g/mol. The summed E-state index contributed by atoms with van der Waals surface area (Å²) in [5.74, 6) is 0.340. The van der Waals surface area contributed by atoms with Crippen LogP contribution in [0.5, 0.6) is 0 Å². The van der Waals surface area contributed by atoms with Gasteiger partial charge in [-0.05, 0) is 31.7 Å². The molecule has 1 aliphatic heterocycles. The van der Waals surface area contributed by atoms with Gasteiger partial charge in [-0.3, -0.25) is 19.1 Å². The van der Waals surface area contributed by atoms with E-state index in [4.69, 9.17) is 0 Å². The number of pyridine rings is 1. The molecule has 166 valence electrons. The largest absolute Gasteiger partial charge is 0.333 e. The lowest BCUT2D eigenvalue weighted by molar-refractivity contribution is 0.0657. The third-order valence-corrected chi connectivity index (χ3v) is 5.50. The molecule has 30 heavy (non-hydrogen) atoms. The maximum Gasteiger partial charge on any atom is 0.330 e. The van der Waals surface area contributed by atoms with E-state index in [1.165, 1.54) is 4.57 Å². The fourth-order valence-corrected chi connectivity index (χ4v) is 3.88. The van der Waals surface area contributed by atoms with Crippen molar-refractivity contribution in [1.82, 2.24) is 24.8 Å². The van der Waals surface area contributed by atoms with Crippen molar-refractivity contribution in [3.8, 4) is 0 Å². The highest BCUT2D eigenvalue weighted by Crippen LogP contribution is 2.40. The highest BCUT2D eigenvalue weighted by atomic mass is 35.5. The number of nitrogens with zero attached hydrogens (tertiary/aromatic N) is 3. The molecule has 3 heterocycles. The standard InChI is InChI=1S/C20H27N5O3.2ClH/c1-11(2)10-25-17-16(18(26)23-20(25)28)14(8-15(22-17)13-4-5-13)19(27)24-7-6-21-9-12(24)3;;/h8,11-13,21H,4-7,9-10H2,1-3H3,(H,23,26,28);2*1H/t12-;;/m1../s1. The highest BCUT2D eigenvalue weighted by molar-refractivity contribution is 6.05. The first-order valence-electron chi connectivity index (χ1n) is 10.1. The zero-order valence-corrected chi connectivity index (χ0v) is 19.1. The Morgan fingerprint density at radius 2 is 1.97 bits per heavy atom. The summed E-state index contributed by atoms with van der Waals surface area (Å²) in [5.41, 5.74) is 0.486. The average Bonchev–Trinajstić information content (AvgIpc) is 3.49. The minimum atomic E-state index is -0.541. The summed E-state index contributed by atoms with van der Waals surface area (Å²) >= 11 is 0. The second-order valence-electron chi connectivity index (χ2n) is 8.38. The molecule has 1 amide bonds. The van der Waals surface area contributed by atoms with Crippen LogP contribution in [0.15, 0.2) is 15.7 Å². The lowest BCUT2D eigenvalue weighted by Gasteiger charge is -2.34. The molecule has 2 N–H and O–H groups in total. The monoisotopic (exact) mass is 457 g/mol. The molecule has 0 bridgehead atoms. The summed E-state index contributed by atoms with van der Waals surface area (Å²) in [5, 5.41) is 3.50. The summed E-state index contributed by atoms with van der Waals surface area (Å²) in [6, 6.07) is 1.81. The van der Waals surface area contributed by atoms with Gasteiger partial charge < -0.3 is 10.2 Å². The minimum absolute atomic E-state index is 0. The molecule has 2 fully saturated rings. The van der Waals surface area contributed by atoms with Crippen molar-refractivity contribution in [1.29, 1.82) is 0 Å². The van der Waals surface area contributed by atoms with Crippen molar-refractivity contribution in [3.05, 3.63) is 38.2 Å². The third-order valence-electron chi connectivity index (χ3n) is 5.50. The molecule has 0 unspecified atom stereocenters. The molecular formula is C20H29Cl2N5O3. The van der Waals surface area contributed by atoms with Gasteiger partial charge in [0.15, 0.2) is 5.65 Å². The van der Waals surface area contributed by atoms with E-state index in [1.807, 2.05) is 20.8 Å². The molecule has 1 saturated carbocycles. The van der Waals surface area contributed by atoms with Gasteiger partial charge in [0.25, 0.3) is 11.5 Å². The molecule has 8 nitrogen and oxygen atoms in total. The first kappa shape index (κ1) is 24.4. The number of aromatic nitrogens is 3. The van der Waals surface area contributed by atoms with Crippen LogP contribution in [0, 0.1) is 5.92 Å². The molecule has 2 aromatic heterocycles. The van der Waals surface area contributed by atoms with E-state index in [-0.39, 0.29) is 48.1 Å². The Morgan fingerprint density at radius 1 is 1.27 bits per heavy atom. The molecular weight excluding hydrogens is 429 g/mol. The van der Waals surface area contributed by atoms with E-state index in [1.54, 1.807) is 11.0 Å². The molecule has 0 spiro atoms. The number of nitrogens with one attached hydrogen (secondary N) is 2. The summed E-state index contributed by atoms with van der Waals surface area (Å²) in [4.78, 5) is 47.5. The minimum Gasteiger partial charge on any atom is -0.333 e. The Hall–Kier alpha value is -1.90. The summed E-state index contributed by atoms with van der Waals surface area (Å²) in [6.45, 7) is 8.47. The molecule has 1 atom stereocenters. The van der Waals surface area contributed by atoms with Crippen molar-refractivity contribution < 1.29 is 4.79 Å². The molecule has 0 radical (unpaired) electrons. The number of aromatic amines is 1. The van der Waals surface area contributed by atoms with Gasteiger partial charge in [0.1, 0.15) is 0 Å². The predicted octanol–water partition coefficient (Wildman–Crippen LogP) is 1.90. The molecule has 2 aliphatic rings. The van der Waals surface area contributed by atoms with Gasteiger partial charge in [-0.15, -0.1) is 24.8 Å². The first-order chi connectivity index (χ1) is 13.4. The van der Waals surface area contributed by atoms with Gasteiger partial charge in [-0.2, -0.15) is 0 Å². The van der Waals surface area contributed by atoms with Crippen molar-refractivity contribution in [3.63, 3.8) is 0 Å². The first-order valence-corrected chi connectivity index (χ1v) is 10.1. The number of hydrogen-bond donors (Lipinski definition) is 2. The third kappa shape index (κ3) is 4.55. The zero-order valence-electron chi connectivity index (χ0n) is 17.4. The number of hydrogen-bond acceptors (Lipinski definition) is 5. The number of carbonyl (C=O) groups excluding carboxylic acids is 1. The number of H-pyrrole nitrogens is 1. The van der Waals surface area contributed by atoms with E-state index >= 15 is 0 Å². The number of halogens is 2. The molecule has 0 aromatic carbocycles. The topological polar surface area (TPSA) is 100 Å². The Labute approximate surface area is 187 Å². The maximum atomic E-state index is 13.4. The van der Waals surface area contributed by atoms with Gasteiger partial charge in [-0.1, -0.05) is 13.8 Å². The van der Waals surface area contributed by atoms with Crippen LogP contribution in [0.1, 0.15) is 55.6 Å². The Kier molecular flexibility index (Phi) is 7.71. The number of amides is 1. The second kappa shape index (κ2) is 9.49. The zero-order chi connectivity index (χ0) is 20.0. The van der Waals surface area contributed by atoms with Crippen LogP contribution >= 0.6 is 24.8 Å². The van der Waals surface area contributed by atoms with Gasteiger partial charge in [0.05, 0.1) is 10.9 Å². The molecule has 2 aromatic rings. The summed E-state index contributed by atoms with van der Waals surface area (Å²) < 4.78 is 1.51. The molecule has 10 heteroatoms. The molecule has 4 rings (SSSR count). The van der Waals surface area contributed by atoms with E-state index in [0.717, 1.165) is 31.6 Å². The van der Waals surface area contributed by atoms with Crippen LogP contribution < -0.4 is 16.6 Å². The van der Waals surface area contributed by atoms with Crippen molar-refractivity contribution >= 4 is 41.8 Å². The summed E-state index contributed by atoms with van der Waals surface area (Å²) in [7, 11) is 0. The predicted molar refractivity (Wildman–Crippen MR) is 121 cm³/mol. The Bertz CT molecular complexity index is 1050. The maximum absolute atomic E-state index is 13.4. The smallest absolute Gasteiger partial charge is 0.330 e. The Morgan fingerprint density at radius 3 is 2.57 bits per heavy atom. The molecule has 1 saturated heterocycles. The van der Waals surface area contributed by atoms with Gasteiger partial charge >= 0.3 is 5.69 Å². The highest BCUT2D eigenvalue weighted by Gasteiger charge is 2.31. The van der Waals surface area contributed by atoms with Crippen LogP contribution in [-0.4, -0.2) is 51.0 Å². The van der Waals surface area contributed by atoms with Crippen molar-refractivity contribution in [2.75, 3.05) is 19.6 Å². The van der Waals surface area contributed by atoms with Crippen LogP contribution in [0.4, 0.5) is 0 Å². The fraction of sp³-hybridized carbons (Fsp3) is 0.600. The number of carbonyl (C=O) groups is 1. The van der Waals surface area contributed by atoms with Crippen LogP contribution in [0.3, 0.4) is 0 Å². The van der Waals surface area contributed by atoms with E-state index in [9.17, 15) is 14.4 Å². The van der Waals surface area contributed by atoms with E-state index in [2.05, 4.69) is 15.3 Å². The van der Waals surface area contributed by atoms with Crippen LogP contribution in [-0.2, 0) is 6.54 Å². The van der Waals surface area contributed by atoms with Gasteiger partial charge in [-0.25, -0.2) is 9.78 Å². The normalized spacial score (nSPS) is 18.8. The van der Waals surface area contributed by atoms with Crippen LogP contribution in [0.25, 0.3) is 11.0 Å². The Balaban J connectivity index is 0.00000160. The van der Waals surface area contributed by atoms with Crippen molar-refractivity contribution in [2.24, 2.45) is 5.92 Å². The van der Waals surface area contributed by atoms with Crippen molar-refractivity contribution in [2.45, 2.75) is 52.1 Å². The quantitative estimate of drug-likeness (QED) is 0.729. The van der Waals surface area contributed by atoms with Gasteiger partial charge in [0, 0.05) is 43.8 Å². The lowest BCUT2D eigenvalue weighted by Crippen LogP contribution is -2.52. The fourth-order valence-electron chi connectivity index (χ4n) is 3.88. The SMILES string of the molecule is CC(C)Cn1c(=O)[nH]c(=O)c2c(C(=O)N3CCNC[C@H]3C)cc(C3CC3)nc21.Cl.Cl. The summed E-state index contributed by atoms with van der Waals surface area (Å²) in [6.07, 6.45) is 2.04. The second-order valence-corrected chi connectivity index (χ2v) is 8.38. The van der Waals surface area contributed by atoms with Crippen LogP contribution in [0.2, 0.25) is 0 Å². The molecule has 1 aliphatic carbocycles.